The fourth-order valence-corrected chi connectivity index (χ4v) is 3.76. The number of hydrogen-bond donors (Lipinski definition) is 1. The summed E-state index contributed by atoms with van der Waals surface area (Å²) in [5, 5.41) is 3.90. The van der Waals surface area contributed by atoms with E-state index in [1.807, 2.05) is 6.07 Å². The number of halogens is 1. The number of ether oxygens (including phenoxy) is 1. The molecular formula is C22H25BrN2O2. The van der Waals surface area contributed by atoms with Gasteiger partial charge in [-0.1, -0.05) is 28.1 Å². The monoisotopic (exact) mass is 428 g/mol. The van der Waals surface area contributed by atoms with Crippen molar-refractivity contribution in [1.29, 1.82) is 0 Å². The normalized spacial score (nSPS) is 11.0. The van der Waals surface area contributed by atoms with E-state index < -0.39 is 0 Å². The Morgan fingerprint density at radius 3 is 2.59 bits per heavy atom. The van der Waals surface area contributed by atoms with Crippen LogP contribution in [0.2, 0.25) is 0 Å². The third-order valence-corrected chi connectivity index (χ3v) is 5.55. The second-order valence-electron chi connectivity index (χ2n) is 6.69. The van der Waals surface area contributed by atoms with Gasteiger partial charge in [-0.05, 0) is 61.2 Å². The first-order valence-corrected chi connectivity index (χ1v) is 9.93. The molecule has 0 unspecified atom stereocenters. The lowest BCUT2D eigenvalue weighted by atomic mass is 10.0. The Kier molecular flexibility index (Phi) is 6.22. The van der Waals surface area contributed by atoms with Gasteiger partial charge >= 0.3 is 0 Å². The topological polar surface area (TPSA) is 43.3 Å². The highest BCUT2D eigenvalue weighted by atomic mass is 79.9. The average Bonchev–Trinajstić information content (AvgIpc) is 2.94. The molecule has 0 aliphatic heterocycles. The summed E-state index contributed by atoms with van der Waals surface area (Å²) < 4.78 is 8.88. The standard InChI is InChI=1S/C22H25BrN2O2/c1-15-19(5-4-6-22(26)24-2)20-13-18(27-3)11-12-21(20)25(15)14-16-7-9-17(23)10-8-16/h7-13H,4-6,14H2,1-3H3,(H,24,26). The summed E-state index contributed by atoms with van der Waals surface area (Å²) in [5.41, 5.74) is 5.00. The molecule has 1 N–H and O–H groups in total. The number of nitrogens with zero attached hydrogens (tertiary/aromatic N) is 1. The summed E-state index contributed by atoms with van der Waals surface area (Å²) in [5.74, 6) is 0.944. The van der Waals surface area contributed by atoms with Gasteiger partial charge in [0, 0.05) is 41.1 Å². The molecule has 142 valence electrons. The number of carbonyl (C=O) groups excluding carboxylic acids is 1. The molecule has 3 aromatic rings. The summed E-state index contributed by atoms with van der Waals surface area (Å²) in [6.45, 7) is 2.98. The summed E-state index contributed by atoms with van der Waals surface area (Å²) in [7, 11) is 3.38. The number of rotatable bonds is 7. The number of aromatic nitrogens is 1. The largest absolute Gasteiger partial charge is 0.497 e. The van der Waals surface area contributed by atoms with Gasteiger partial charge in [0.25, 0.3) is 0 Å². The Morgan fingerprint density at radius 2 is 1.93 bits per heavy atom. The first kappa shape index (κ1) is 19.5. The van der Waals surface area contributed by atoms with Gasteiger partial charge < -0.3 is 14.6 Å². The number of methoxy groups -OCH3 is 1. The SMILES string of the molecule is CNC(=O)CCCc1c(C)n(Cc2ccc(Br)cc2)c2ccc(OC)cc12. The number of benzene rings is 2. The Morgan fingerprint density at radius 1 is 1.19 bits per heavy atom. The molecule has 0 aliphatic carbocycles. The van der Waals surface area contributed by atoms with Crippen molar-refractivity contribution < 1.29 is 9.53 Å². The van der Waals surface area contributed by atoms with Crippen LogP contribution in [-0.4, -0.2) is 24.6 Å². The fraction of sp³-hybridized carbons (Fsp3) is 0.318. The van der Waals surface area contributed by atoms with Crippen LogP contribution in [-0.2, 0) is 17.8 Å². The molecule has 0 radical (unpaired) electrons. The number of aryl methyl sites for hydroxylation is 1. The van der Waals surface area contributed by atoms with Crippen LogP contribution in [0.3, 0.4) is 0 Å². The second-order valence-corrected chi connectivity index (χ2v) is 7.60. The van der Waals surface area contributed by atoms with Crippen LogP contribution in [0.1, 0.15) is 29.7 Å². The minimum absolute atomic E-state index is 0.0869. The summed E-state index contributed by atoms with van der Waals surface area (Å²) in [4.78, 5) is 11.6. The molecule has 5 heteroatoms. The van der Waals surface area contributed by atoms with Gasteiger partial charge in [0.05, 0.1) is 7.11 Å². The van der Waals surface area contributed by atoms with E-state index in [2.05, 4.69) is 69.1 Å². The van der Waals surface area contributed by atoms with Crippen LogP contribution in [0.4, 0.5) is 0 Å². The van der Waals surface area contributed by atoms with Crippen molar-refractivity contribution in [2.75, 3.05) is 14.2 Å². The van der Waals surface area contributed by atoms with Gasteiger partial charge in [-0.3, -0.25) is 4.79 Å². The molecule has 0 spiro atoms. The first-order valence-electron chi connectivity index (χ1n) is 9.14. The Bertz CT molecular complexity index is 945. The van der Waals surface area contributed by atoms with Gasteiger partial charge in [-0.25, -0.2) is 0 Å². The van der Waals surface area contributed by atoms with Crippen molar-refractivity contribution in [1.82, 2.24) is 9.88 Å². The lowest BCUT2D eigenvalue weighted by molar-refractivity contribution is -0.120. The highest BCUT2D eigenvalue weighted by molar-refractivity contribution is 9.10. The van der Waals surface area contributed by atoms with Crippen LogP contribution in [0.15, 0.2) is 46.9 Å². The Labute approximate surface area is 168 Å². The molecule has 3 rings (SSSR count). The van der Waals surface area contributed by atoms with Crippen LogP contribution in [0.5, 0.6) is 5.75 Å². The van der Waals surface area contributed by atoms with E-state index in [-0.39, 0.29) is 5.91 Å². The van der Waals surface area contributed by atoms with Crippen molar-refractivity contribution in [3.63, 3.8) is 0 Å². The summed E-state index contributed by atoms with van der Waals surface area (Å²) in [6.07, 6.45) is 2.24. The Hall–Kier alpha value is -2.27. The number of nitrogens with one attached hydrogen (secondary N) is 1. The lowest BCUT2D eigenvalue weighted by Gasteiger charge is -2.10. The van der Waals surface area contributed by atoms with Crippen LogP contribution < -0.4 is 10.1 Å². The molecule has 2 aromatic carbocycles. The van der Waals surface area contributed by atoms with Gasteiger partial charge in [-0.15, -0.1) is 0 Å². The van der Waals surface area contributed by atoms with E-state index >= 15 is 0 Å². The van der Waals surface area contributed by atoms with E-state index in [0.29, 0.717) is 6.42 Å². The predicted octanol–water partition coefficient (Wildman–Crippen LogP) is 4.84. The lowest BCUT2D eigenvalue weighted by Crippen LogP contribution is -2.17. The average molecular weight is 429 g/mol. The maximum atomic E-state index is 11.6. The van der Waals surface area contributed by atoms with Crippen molar-refractivity contribution in [2.45, 2.75) is 32.7 Å². The predicted molar refractivity (Wildman–Crippen MR) is 113 cm³/mol. The zero-order valence-electron chi connectivity index (χ0n) is 16.0. The number of amides is 1. The number of hydrogen-bond acceptors (Lipinski definition) is 2. The van der Waals surface area contributed by atoms with Crippen molar-refractivity contribution in [3.05, 3.63) is 63.8 Å². The van der Waals surface area contributed by atoms with E-state index in [9.17, 15) is 4.79 Å². The molecule has 1 amide bonds. The van der Waals surface area contributed by atoms with E-state index in [1.165, 1.54) is 27.7 Å². The zero-order chi connectivity index (χ0) is 19.4. The fourth-order valence-electron chi connectivity index (χ4n) is 3.50. The minimum Gasteiger partial charge on any atom is -0.497 e. The molecule has 0 aliphatic rings. The summed E-state index contributed by atoms with van der Waals surface area (Å²) >= 11 is 3.50. The van der Waals surface area contributed by atoms with Gasteiger partial charge in [0.15, 0.2) is 0 Å². The van der Waals surface area contributed by atoms with Crippen molar-refractivity contribution >= 4 is 32.7 Å². The first-order chi connectivity index (χ1) is 13.0. The van der Waals surface area contributed by atoms with Gasteiger partial charge in [0.1, 0.15) is 5.75 Å². The Balaban J connectivity index is 1.98. The third-order valence-electron chi connectivity index (χ3n) is 5.02. The maximum Gasteiger partial charge on any atom is 0.219 e. The molecule has 4 nitrogen and oxygen atoms in total. The molecule has 27 heavy (non-hydrogen) atoms. The number of carbonyl (C=O) groups is 1. The molecule has 1 aromatic heterocycles. The van der Waals surface area contributed by atoms with Crippen molar-refractivity contribution in [3.8, 4) is 5.75 Å². The molecule has 0 bridgehead atoms. The quantitative estimate of drug-likeness (QED) is 0.584. The van der Waals surface area contributed by atoms with Crippen LogP contribution in [0, 0.1) is 6.92 Å². The smallest absolute Gasteiger partial charge is 0.219 e. The number of fused-ring (bicyclic) bond motifs is 1. The van der Waals surface area contributed by atoms with E-state index in [1.54, 1.807) is 14.2 Å². The minimum atomic E-state index is 0.0869. The molecule has 0 atom stereocenters. The van der Waals surface area contributed by atoms with E-state index in [0.717, 1.165) is 29.6 Å². The zero-order valence-corrected chi connectivity index (χ0v) is 17.6. The van der Waals surface area contributed by atoms with Crippen molar-refractivity contribution in [2.24, 2.45) is 0 Å². The second kappa shape index (κ2) is 8.61. The third kappa shape index (κ3) is 4.35. The van der Waals surface area contributed by atoms with Crippen LogP contribution >= 0.6 is 15.9 Å². The van der Waals surface area contributed by atoms with E-state index in [4.69, 9.17) is 4.74 Å². The molecular weight excluding hydrogens is 404 g/mol. The molecule has 0 fully saturated rings. The molecule has 0 saturated carbocycles. The van der Waals surface area contributed by atoms with Gasteiger partial charge in [-0.2, -0.15) is 0 Å². The highest BCUT2D eigenvalue weighted by Gasteiger charge is 2.15. The highest BCUT2D eigenvalue weighted by Crippen LogP contribution is 2.31. The summed E-state index contributed by atoms with van der Waals surface area (Å²) in [6, 6.07) is 14.7. The molecule has 0 saturated heterocycles. The maximum absolute atomic E-state index is 11.6. The van der Waals surface area contributed by atoms with Crippen LogP contribution in [0.25, 0.3) is 10.9 Å². The molecule has 1 heterocycles. The van der Waals surface area contributed by atoms with Gasteiger partial charge in [0.2, 0.25) is 5.91 Å².